The molecule has 0 aliphatic heterocycles. The van der Waals surface area contributed by atoms with Crippen LogP contribution in [-0.2, 0) is 0 Å². The molecule has 0 N–H and O–H groups in total. The summed E-state index contributed by atoms with van der Waals surface area (Å²) in [7, 11) is 1.55. The predicted molar refractivity (Wildman–Crippen MR) is 87.2 cm³/mol. The van der Waals surface area contributed by atoms with E-state index in [1.165, 1.54) is 30.3 Å². The molecule has 112 valence electrons. The molecule has 22 heavy (non-hydrogen) atoms. The summed E-state index contributed by atoms with van der Waals surface area (Å²) in [6, 6.07) is 10.9. The molecule has 0 saturated heterocycles. The number of ketones is 1. The first-order chi connectivity index (χ1) is 10.5. The summed E-state index contributed by atoms with van der Waals surface area (Å²) in [5.41, 5.74) is 1.09. The molecule has 6 heteroatoms. The maximum atomic E-state index is 12.1. The van der Waals surface area contributed by atoms with Crippen molar-refractivity contribution in [1.29, 1.82) is 0 Å². The van der Waals surface area contributed by atoms with Gasteiger partial charge >= 0.3 is 0 Å². The van der Waals surface area contributed by atoms with E-state index in [1.54, 1.807) is 19.3 Å². The fourth-order valence-electron chi connectivity index (χ4n) is 1.84. The summed E-state index contributed by atoms with van der Waals surface area (Å²) in [6.45, 7) is 0. The van der Waals surface area contributed by atoms with Crippen LogP contribution in [0.3, 0.4) is 0 Å². The number of hydrogen-bond acceptors (Lipinski definition) is 4. The summed E-state index contributed by atoms with van der Waals surface area (Å²) in [5, 5.41) is 10.6. The van der Waals surface area contributed by atoms with Gasteiger partial charge in [-0.25, -0.2) is 0 Å². The van der Waals surface area contributed by atoms with Crippen LogP contribution >= 0.6 is 15.9 Å². The van der Waals surface area contributed by atoms with E-state index in [-0.39, 0.29) is 11.5 Å². The van der Waals surface area contributed by atoms with Crippen molar-refractivity contribution >= 4 is 33.5 Å². The van der Waals surface area contributed by atoms with Crippen LogP contribution in [0.4, 0.5) is 5.69 Å². The Kier molecular flexibility index (Phi) is 5.06. The van der Waals surface area contributed by atoms with Crippen molar-refractivity contribution < 1.29 is 14.5 Å². The zero-order valence-electron chi connectivity index (χ0n) is 11.7. The molecule has 0 spiro atoms. The van der Waals surface area contributed by atoms with Crippen molar-refractivity contribution in [1.82, 2.24) is 0 Å². The van der Waals surface area contributed by atoms with Gasteiger partial charge in [-0.05, 0) is 42.5 Å². The highest BCUT2D eigenvalue weighted by Crippen LogP contribution is 2.24. The Morgan fingerprint density at radius 1 is 1.23 bits per heavy atom. The quantitative estimate of drug-likeness (QED) is 0.345. The van der Waals surface area contributed by atoms with Gasteiger partial charge in [0.1, 0.15) is 5.75 Å². The average molecular weight is 362 g/mol. The van der Waals surface area contributed by atoms with Gasteiger partial charge in [-0.3, -0.25) is 14.9 Å². The number of methoxy groups -OCH3 is 1. The fraction of sp³-hybridized carbons (Fsp3) is 0.0625. The van der Waals surface area contributed by atoms with Gasteiger partial charge in [0, 0.05) is 27.7 Å². The number of halogens is 1. The lowest BCUT2D eigenvalue weighted by molar-refractivity contribution is -0.384. The van der Waals surface area contributed by atoms with Crippen LogP contribution < -0.4 is 4.74 Å². The first kappa shape index (κ1) is 15.9. The summed E-state index contributed by atoms with van der Waals surface area (Å²) >= 11 is 3.36. The lowest BCUT2D eigenvalue weighted by atomic mass is 10.1. The van der Waals surface area contributed by atoms with Gasteiger partial charge in [0.15, 0.2) is 5.78 Å². The molecule has 0 heterocycles. The van der Waals surface area contributed by atoms with Gasteiger partial charge < -0.3 is 4.74 Å². The van der Waals surface area contributed by atoms with E-state index in [2.05, 4.69) is 15.9 Å². The highest BCUT2D eigenvalue weighted by Gasteiger charge is 2.08. The second-order valence-corrected chi connectivity index (χ2v) is 5.30. The molecule has 5 nitrogen and oxygen atoms in total. The molecule has 0 fully saturated rings. The van der Waals surface area contributed by atoms with Crippen LogP contribution in [0.5, 0.6) is 5.75 Å². The van der Waals surface area contributed by atoms with Crippen LogP contribution in [0.25, 0.3) is 6.08 Å². The van der Waals surface area contributed by atoms with Gasteiger partial charge in [0.05, 0.1) is 12.0 Å². The third-order valence-corrected chi connectivity index (χ3v) is 3.46. The molecular weight excluding hydrogens is 350 g/mol. The van der Waals surface area contributed by atoms with E-state index in [1.807, 2.05) is 12.1 Å². The topological polar surface area (TPSA) is 69.4 Å². The SMILES string of the molecule is COc1ccc(Br)cc1C=CC(=O)c1ccc([N+](=O)[O-])cc1. The van der Waals surface area contributed by atoms with Crippen molar-refractivity contribution in [3.63, 3.8) is 0 Å². The van der Waals surface area contributed by atoms with Gasteiger partial charge in [0.2, 0.25) is 0 Å². The largest absolute Gasteiger partial charge is 0.496 e. The molecule has 0 aliphatic carbocycles. The Labute approximate surface area is 135 Å². The van der Waals surface area contributed by atoms with Crippen molar-refractivity contribution in [3.8, 4) is 5.75 Å². The number of non-ortho nitro benzene ring substituents is 1. The Hall–Kier alpha value is -2.47. The third-order valence-electron chi connectivity index (χ3n) is 2.97. The second-order valence-electron chi connectivity index (χ2n) is 4.39. The number of nitrogens with zero attached hydrogens (tertiary/aromatic N) is 1. The van der Waals surface area contributed by atoms with E-state index in [0.717, 1.165) is 10.0 Å². The molecular formula is C16H12BrNO4. The monoisotopic (exact) mass is 361 g/mol. The zero-order valence-corrected chi connectivity index (χ0v) is 13.2. The Balaban J connectivity index is 2.21. The fourth-order valence-corrected chi connectivity index (χ4v) is 2.22. The molecule has 0 aromatic heterocycles. The third kappa shape index (κ3) is 3.79. The molecule has 0 aliphatic rings. The minimum Gasteiger partial charge on any atom is -0.496 e. The maximum absolute atomic E-state index is 12.1. The minimum atomic E-state index is -0.504. The van der Waals surface area contributed by atoms with E-state index in [9.17, 15) is 14.9 Å². The number of allylic oxidation sites excluding steroid dienone is 1. The van der Waals surface area contributed by atoms with Gasteiger partial charge in [-0.2, -0.15) is 0 Å². The highest BCUT2D eigenvalue weighted by molar-refractivity contribution is 9.10. The smallest absolute Gasteiger partial charge is 0.269 e. The summed E-state index contributed by atoms with van der Waals surface area (Å²) in [6.07, 6.45) is 3.05. The molecule has 0 unspecified atom stereocenters. The second kappa shape index (κ2) is 7.00. The molecule has 0 radical (unpaired) electrons. The van der Waals surface area contributed by atoms with Crippen molar-refractivity contribution in [2.75, 3.05) is 7.11 Å². The Morgan fingerprint density at radius 3 is 2.50 bits per heavy atom. The summed E-state index contributed by atoms with van der Waals surface area (Å²) < 4.78 is 6.09. The maximum Gasteiger partial charge on any atom is 0.269 e. The van der Waals surface area contributed by atoms with Crippen LogP contribution in [0, 0.1) is 10.1 Å². The Morgan fingerprint density at radius 2 is 1.91 bits per heavy atom. The normalized spacial score (nSPS) is 10.6. The van der Waals surface area contributed by atoms with Crippen LogP contribution in [0.2, 0.25) is 0 Å². The van der Waals surface area contributed by atoms with Crippen molar-refractivity contribution in [3.05, 3.63) is 74.3 Å². The number of benzene rings is 2. The van der Waals surface area contributed by atoms with Gasteiger partial charge in [-0.1, -0.05) is 15.9 Å². The molecule has 0 saturated carbocycles. The van der Waals surface area contributed by atoms with Crippen molar-refractivity contribution in [2.24, 2.45) is 0 Å². The van der Waals surface area contributed by atoms with E-state index < -0.39 is 4.92 Å². The predicted octanol–water partition coefficient (Wildman–Crippen LogP) is 4.26. The van der Waals surface area contributed by atoms with Crippen LogP contribution in [0.15, 0.2) is 53.0 Å². The number of ether oxygens (including phenoxy) is 1. The standard InChI is InChI=1S/C16H12BrNO4/c1-22-16-9-5-13(17)10-12(16)4-8-15(19)11-2-6-14(7-3-11)18(20)21/h2-10H,1H3. The summed E-state index contributed by atoms with van der Waals surface area (Å²) in [5.74, 6) is 0.410. The minimum absolute atomic E-state index is 0.0470. The number of rotatable bonds is 5. The number of nitro benzene ring substituents is 1. The van der Waals surface area contributed by atoms with E-state index >= 15 is 0 Å². The highest BCUT2D eigenvalue weighted by atomic mass is 79.9. The molecule has 0 atom stereocenters. The number of carbonyl (C=O) groups excluding carboxylic acids is 1. The molecule has 2 rings (SSSR count). The first-order valence-electron chi connectivity index (χ1n) is 6.31. The van der Waals surface area contributed by atoms with E-state index in [0.29, 0.717) is 11.3 Å². The average Bonchev–Trinajstić information content (AvgIpc) is 2.52. The van der Waals surface area contributed by atoms with Gasteiger partial charge in [0.25, 0.3) is 5.69 Å². The van der Waals surface area contributed by atoms with Crippen molar-refractivity contribution in [2.45, 2.75) is 0 Å². The van der Waals surface area contributed by atoms with Gasteiger partial charge in [-0.15, -0.1) is 0 Å². The molecule has 2 aromatic carbocycles. The lowest BCUT2D eigenvalue weighted by Crippen LogP contribution is -1.95. The molecule has 0 bridgehead atoms. The van der Waals surface area contributed by atoms with E-state index in [4.69, 9.17) is 4.74 Å². The lowest BCUT2D eigenvalue weighted by Gasteiger charge is -2.04. The number of hydrogen-bond donors (Lipinski definition) is 0. The summed E-state index contributed by atoms with van der Waals surface area (Å²) in [4.78, 5) is 22.2. The van der Waals surface area contributed by atoms with Crippen LogP contribution in [-0.4, -0.2) is 17.8 Å². The first-order valence-corrected chi connectivity index (χ1v) is 7.11. The molecule has 2 aromatic rings. The Bertz CT molecular complexity index is 738. The van der Waals surface area contributed by atoms with Crippen LogP contribution in [0.1, 0.15) is 15.9 Å². The zero-order chi connectivity index (χ0) is 16.1. The number of carbonyl (C=O) groups is 1. The number of nitro groups is 1. The molecule has 0 amide bonds.